The summed E-state index contributed by atoms with van der Waals surface area (Å²) >= 11 is 0. The van der Waals surface area contributed by atoms with Gasteiger partial charge in [-0.3, -0.25) is 9.59 Å². The summed E-state index contributed by atoms with van der Waals surface area (Å²) in [5.74, 6) is -0.517. The molecule has 0 atom stereocenters. The summed E-state index contributed by atoms with van der Waals surface area (Å²) in [5.41, 5.74) is 0.909. The Kier molecular flexibility index (Phi) is 7.30. The zero-order chi connectivity index (χ0) is 16.6. The summed E-state index contributed by atoms with van der Waals surface area (Å²) in [6, 6.07) is 10.5. The quantitative estimate of drug-likeness (QED) is 0.792. The number of aryl methyl sites for hydroxylation is 1. The van der Waals surface area contributed by atoms with Gasteiger partial charge in [0.05, 0.1) is 0 Å². The molecule has 0 bridgehead atoms. The Labute approximate surface area is 134 Å². The minimum atomic E-state index is -0.500. The van der Waals surface area contributed by atoms with Gasteiger partial charge in [0.25, 0.3) is 5.91 Å². The van der Waals surface area contributed by atoms with Gasteiger partial charge in [-0.1, -0.05) is 58.0 Å². The normalized spacial score (nSPS) is 14.3. The zero-order valence-electron chi connectivity index (χ0n) is 14.4. The van der Waals surface area contributed by atoms with Gasteiger partial charge in [-0.25, -0.2) is 0 Å². The maximum absolute atomic E-state index is 11.8. The summed E-state index contributed by atoms with van der Waals surface area (Å²) in [7, 11) is 0. The molecule has 0 aromatic heterocycles. The smallest absolute Gasteiger partial charge is 0.290 e. The minimum Gasteiger partial charge on any atom is -0.336 e. The Balaban J connectivity index is 0.000000255. The molecule has 1 amide bonds. The van der Waals surface area contributed by atoms with Crippen LogP contribution in [0.2, 0.25) is 0 Å². The summed E-state index contributed by atoms with van der Waals surface area (Å²) in [5, 5.41) is 0. The van der Waals surface area contributed by atoms with Gasteiger partial charge in [-0.2, -0.15) is 0 Å². The second-order valence-electron chi connectivity index (χ2n) is 6.41. The lowest BCUT2D eigenvalue weighted by Crippen LogP contribution is -2.41. The van der Waals surface area contributed by atoms with Crippen molar-refractivity contribution in [1.82, 2.24) is 4.90 Å². The summed E-state index contributed by atoms with van der Waals surface area (Å²) in [6.07, 6.45) is 3.92. The SMILES string of the molecule is CCC(C)(C)C(=O)C(=O)N1CCCC1.CCc1ccccc1. The van der Waals surface area contributed by atoms with Gasteiger partial charge in [0.15, 0.2) is 0 Å². The van der Waals surface area contributed by atoms with Crippen LogP contribution in [0.1, 0.15) is 52.5 Å². The number of carbonyl (C=O) groups excluding carboxylic acids is 2. The highest BCUT2D eigenvalue weighted by Gasteiger charge is 2.34. The van der Waals surface area contributed by atoms with Crippen LogP contribution >= 0.6 is 0 Å². The first-order chi connectivity index (χ1) is 10.4. The second-order valence-corrected chi connectivity index (χ2v) is 6.41. The van der Waals surface area contributed by atoms with Crippen LogP contribution in [0.5, 0.6) is 0 Å². The molecule has 1 aliphatic rings. The van der Waals surface area contributed by atoms with Gasteiger partial charge in [-0.15, -0.1) is 0 Å². The van der Waals surface area contributed by atoms with Crippen molar-refractivity contribution >= 4 is 11.7 Å². The van der Waals surface area contributed by atoms with E-state index in [0.29, 0.717) is 6.42 Å². The van der Waals surface area contributed by atoms with E-state index in [1.165, 1.54) is 5.56 Å². The molecule has 3 nitrogen and oxygen atoms in total. The average Bonchev–Trinajstić information content (AvgIpc) is 3.09. The molecule has 1 heterocycles. The summed E-state index contributed by atoms with van der Waals surface area (Å²) in [4.78, 5) is 25.2. The third-order valence-electron chi connectivity index (χ3n) is 4.34. The van der Waals surface area contributed by atoms with E-state index < -0.39 is 5.41 Å². The van der Waals surface area contributed by atoms with Crippen molar-refractivity contribution < 1.29 is 9.59 Å². The van der Waals surface area contributed by atoms with Gasteiger partial charge in [0.2, 0.25) is 5.78 Å². The number of rotatable bonds is 4. The monoisotopic (exact) mass is 303 g/mol. The molecule has 1 aromatic carbocycles. The lowest BCUT2D eigenvalue weighted by molar-refractivity contribution is -0.148. The van der Waals surface area contributed by atoms with Crippen LogP contribution in [0.25, 0.3) is 0 Å². The van der Waals surface area contributed by atoms with Crippen molar-refractivity contribution in [3.63, 3.8) is 0 Å². The van der Waals surface area contributed by atoms with Gasteiger partial charge in [0.1, 0.15) is 0 Å². The summed E-state index contributed by atoms with van der Waals surface area (Å²) < 4.78 is 0. The first-order valence-corrected chi connectivity index (χ1v) is 8.30. The van der Waals surface area contributed by atoms with E-state index in [4.69, 9.17) is 0 Å². The van der Waals surface area contributed by atoms with E-state index in [2.05, 4.69) is 31.2 Å². The lowest BCUT2D eigenvalue weighted by atomic mass is 9.84. The first-order valence-electron chi connectivity index (χ1n) is 8.30. The fourth-order valence-corrected chi connectivity index (χ4v) is 2.23. The summed E-state index contributed by atoms with van der Waals surface area (Å²) in [6.45, 7) is 9.28. The van der Waals surface area contributed by atoms with Crippen LogP contribution in [-0.2, 0) is 16.0 Å². The minimum absolute atomic E-state index is 0.234. The highest BCUT2D eigenvalue weighted by Crippen LogP contribution is 2.23. The molecule has 1 fully saturated rings. The molecular weight excluding hydrogens is 274 g/mol. The molecule has 0 saturated carbocycles. The number of carbonyl (C=O) groups is 2. The van der Waals surface area contributed by atoms with E-state index in [9.17, 15) is 9.59 Å². The number of hydrogen-bond acceptors (Lipinski definition) is 2. The topological polar surface area (TPSA) is 37.4 Å². The fourth-order valence-electron chi connectivity index (χ4n) is 2.23. The number of likely N-dealkylation sites (tertiary alicyclic amines) is 1. The van der Waals surface area contributed by atoms with Crippen molar-refractivity contribution in [2.75, 3.05) is 13.1 Å². The van der Waals surface area contributed by atoms with Gasteiger partial charge in [0, 0.05) is 18.5 Å². The molecule has 2 rings (SSSR count). The predicted molar refractivity (Wildman–Crippen MR) is 90.7 cm³/mol. The lowest BCUT2D eigenvalue weighted by Gasteiger charge is -2.23. The molecule has 122 valence electrons. The van der Waals surface area contributed by atoms with Crippen LogP contribution < -0.4 is 0 Å². The van der Waals surface area contributed by atoms with E-state index in [0.717, 1.165) is 32.4 Å². The van der Waals surface area contributed by atoms with Crippen molar-refractivity contribution in [1.29, 1.82) is 0 Å². The van der Waals surface area contributed by atoms with E-state index in [-0.39, 0.29) is 11.7 Å². The van der Waals surface area contributed by atoms with Crippen LogP contribution in [0, 0.1) is 5.41 Å². The van der Waals surface area contributed by atoms with E-state index in [1.807, 2.05) is 26.8 Å². The Morgan fingerprint density at radius 1 is 1.05 bits per heavy atom. The van der Waals surface area contributed by atoms with Crippen LogP contribution in [0.3, 0.4) is 0 Å². The maximum atomic E-state index is 11.8. The van der Waals surface area contributed by atoms with Crippen LogP contribution in [0.15, 0.2) is 30.3 Å². The number of hydrogen-bond donors (Lipinski definition) is 0. The number of benzene rings is 1. The molecule has 0 radical (unpaired) electrons. The highest BCUT2D eigenvalue weighted by atomic mass is 16.2. The Bertz CT molecular complexity index is 473. The van der Waals surface area contributed by atoms with Gasteiger partial charge >= 0.3 is 0 Å². The third kappa shape index (κ3) is 5.28. The van der Waals surface area contributed by atoms with Crippen molar-refractivity contribution in [2.24, 2.45) is 5.41 Å². The third-order valence-corrected chi connectivity index (χ3v) is 4.34. The van der Waals surface area contributed by atoms with Gasteiger partial charge in [-0.05, 0) is 31.2 Å². The molecule has 0 spiro atoms. The molecule has 3 heteroatoms. The van der Waals surface area contributed by atoms with Crippen molar-refractivity contribution in [3.8, 4) is 0 Å². The molecule has 0 unspecified atom stereocenters. The Morgan fingerprint density at radius 2 is 1.59 bits per heavy atom. The van der Waals surface area contributed by atoms with Crippen LogP contribution in [0.4, 0.5) is 0 Å². The molecule has 1 aliphatic heterocycles. The maximum Gasteiger partial charge on any atom is 0.290 e. The fraction of sp³-hybridized carbons (Fsp3) is 0.579. The highest BCUT2D eigenvalue weighted by molar-refractivity contribution is 6.37. The largest absolute Gasteiger partial charge is 0.336 e. The second kappa shape index (κ2) is 8.72. The standard InChI is InChI=1S/C11H19NO2.C8H10/c1-4-11(2,3)9(13)10(14)12-7-5-6-8-12;1-2-8-6-4-3-5-7-8/h4-8H2,1-3H3;3-7H,2H2,1H3. The Morgan fingerprint density at radius 3 is 2.00 bits per heavy atom. The molecule has 22 heavy (non-hydrogen) atoms. The van der Waals surface area contributed by atoms with Gasteiger partial charge < -0.3 is 4.90 Å². The van der Waals surface area contributed by atoms with Crippen molar-refractivity contribution in [3.05, 3.63) is 35.9 Å². The van der Waals surface area contributed by atoms with E-state index >= 15 is 0 Å². The average molecular weight is 303 g/mol. The molecule has 1 aromatic rings. The number of ketones is 1. The number of nitrogens with zero attached hydrogens (tertiary/aromatic N) is 1. The first kappa shape index (κ1) is 18.4. The molecule has 1 saturated heterocycles. The Hall–Kier alpha value is -1.64. The molecule has 0 N–H and O–H groups in total. The molecule has 0 aliphatic carbocycles. The molecular formula is C19H29NO2. The van der Waals surface area contributed by atoms with Crippen LogP contribution in [-0.4, -0.2) is 29.7 Å². The van der Waals surface area contributed by atoms with E-state index in [1.54, 1.807) is 4.90 Å². The predicted octanol–water partition coefficient (Wildman–Crippen LogP) is 3.86. The zero-order valence-corrected chi connectivity index (χ0v) is 14.4. The van der Waals surface area contributed by atoms with Crippen molar-refractivity contribution in [2.45, 2.75) is 53.4 Å². The number of amides is 1. The number of Topliss-reactive ketones (excluding diaryl/α,β-unsaturated/α-hetero) is 1.